The molecule has 0 saturated carbocycles. The number of nitro groups is 1. The summed E-state index contributed by atoms with van der Waals surface area (Å²) in [6.45, 7) is 3.24. The Labute approximate surface area is 113 Å². The summed E-state index contributed by atoms with van der Waals surface area (Å²) in [6.07, 6.45) is 0. The van der Waals surface area contributed by atoms with Crippen molar-refractivity contribution in [1.82, 2.24) is 9.97 Å². The van der Waals surface area contributed by atoms with Crippen molar-refractivity contribution in [3.63, 3.8) is 0 Å². The lowest BCUT2D eigenvalue weighted by molar-refractivity contribution is -0.385. The number of halogens is 1. The van der Waals surface area contributed by atoms with Crippen molar-refractivity contribution in [2.75, 3.05) is 5.73 Å². The summed E-state index contributed by atoms with van der Waals surface area (Å²) in [5.41, 5.74) is 5.64. The third-order valence-electron chi connectivity index (χ3n) is 2.57. The predicted molar refractivity (Wildman–Crippen MR) is 69.0 cm³/mol. The molecular weight excluding hydrogens is 267 g/mol. The van der Waals surface area contributed by atoms with Gasteiger partial charge in [0.25, 0.3) is 0 Å². The highest BCUT2D eigenvalue weighted by molar-refractivity contribution is 5.51. The molecular formula is C12H11FN4O3. The Hall–Kier alpha value is -2.77. The van der Waals surface area contributed by atoms with Crippen LogP contribution in [0.15, 0.2) is 18.2 Å². The van der Waals surface area contributed by atoms with E-state index in [1.54, 1.807) is 13.8 Å². The first-order valence-corrected chi connectivity index (χ1v) is 5.61. The third kappa shape index (κ3) is 2.63. The van der Waals surface area contributed by atoms with Crippen LogP contribution >= 0.6 is 0 Å². The number of nitrogens with zero attached hydrogens (tertiary/aromatic N) is 3. The molecule has 1 aromatic heterocycles. The standard InChI is InChI=1S/C12H11FN4O3/c1-6-11(14)15-7(2)16-12(6)20-10-4-3-8(13)5-9(10)17(18)19/h3-5H,1-2H3,(H2,14,15,16). The van der Waals surface area contributed by atoms with Crippen molar-refractivity contribution >= 4 is 11.5 Å². The summed E-state index contributed by atoms with van der Waals surface area (Å²) >= 11 is 0. The molecule has 0 radical (unpaired) electrons. The first-order chi connectivity index (χ1) is 9.38. The zero-order valence-corrected chi connectivity index (χ0v) is 10.8. The van der Waals surface area contributed by atoms with Crippen molar-refractivity contribution < 1.29 is 14.1 Å². The van der Waals surface area contributed by atoms with Crippen LogP contribution < -0.4 is 10.5 Å². The van der Waals surface area contributed by atoms with E-state index < -0.39 is 16.4 Å². The second-order valence-electron chi connectivity index (χ2n) is 4.06. The fourth-order valence-corrected chi connectivity index (χ4v) is 1.55. The van der Waals surface area contributed by atoms with Crippen LogP contribution in [0.2, 0.25) is 0 Å². The van der Waals surface area contributed by atoms with Gasteiger partial charge in [0.1, 0.15) is 17.5 Å². The number of anilines is 1. The van der Waals surface area contributed by atoms with Crippen LogP contribution in [-0.4, -0.2) is 14.9 Å². The number of nitrogens with two attached hydrogens (primary N) is 1. The van der Waals surface area contributed by atoms with Gasteiger partial charge in [0.2, 0.25) is 11.6 Å². The molecule has 0 bridgehead atoms. The van der Waals surface area contributed by atoms with E-state index in [-0.39, 0.29) is 17.4 Å². The van der Waals surface area contributed by atoms with E-state index in [1.807, 2.05) is 0 Å². The number of nitro benzene ring substituents is 1. The maximum Gasteiger partial charge on any atom is 0.314 e. The number of hydrogen-bond acceptors (Lipinski definition) is 6. The SMILES string of the molecule is Cc1nc(N)c(C)c(Oc2ccc(F)cc2[N+](=O)[O-])n1. The molecule has 2 aromatic rings. The summed E-state index contributed by atoms with van der Waals surface area (Å²) in [4.78, 5) is 18.1. The molecule has 0 aliphatic heterocycles. The topological polar surface area (TPSA) is 104 Å². The lowest BCUT2D eigenvalue weighted by Gasteiger charge is -2.10. The van der Waals surface area contributed by atoms with E-state index in [0.29, 0.717) is 11.4 Å². The van der Waals surface area contributed by atoms with Gasteiger partial charge in [-0.2, -0.15) is 4.98 Å². The van der Waals surface area contributed by atoms with Gasteiger partial charge in [-0.1, -0.05) is 0 Å². The minimum Gasteiger partial charge on any atom is -0.431 e. The minimum atomic E-state index is -0.731. The molecule has 7 nitrogen and oxygen atoms in total. The van der Waals surface area contributed by atoms with Crippen LogP contribution in [0, 0.1) is 29.8 Å². The van der Waals surface area contributed by atoms with Gasteiger partial charge in [-0.15, -0.1) is 0 Å². The highest BCUT2D eigenvalue weighted by atomic mass is 19.1. The van der Waals surface area contributed by atoms with E-state index in [4.69, 9.17) is 10.5 Å². The molecule has 8 heteroatoms. The van der Waals surface area contributed by atoms with Gasteiger partial charge in [-0.25, -0.2) is 9.37 Å². The second kappa shape index (κ2) is 5.08. The molecule has 0 amide bonds. The molecule has 0 spiro atoms. The Morgan fingerprint density at radius 3 is 2.70 bits per heavy atom. The Kier molecular flexibility index (Phi) is 3.47. The maximum absolute atomic E-state index is 13.0. The van der Waals surface area contributed by atoms with Crippen molar-refractivity contribution in [2.24, 2.45) is 0 Å². The third-order valence-corrected chi connectivity index (χ3v) is 2.57. The van der Waals surface area contributed by atoms with E-state index in [9.17, 15) is 14.5 Å². The number of nitrogen functional groups attached to an aromatic ring is 1. The molecule has 2 rings (SSSR count). The van der Waals surface area contributed by atoms with Crippen LogP contribution in [0.25, 0.3) is 0 Å². The lowest BCUT2D eigenvalue weighted by Crippen LogP contribution is -2.03. The zero-order valence-electron chi connectivity index (χ0n) is 10.8. The smallest absolute Gasteiger partial charge is 0.314 e. The second-order valence-corrected chi connectivity index (χ2v) is 4.06. The Balaban J connectivity index is 2.48. The van der Waals surface area contributed by atoms with Crippen LogP contribution in [0.1, 0.15) is 11.4 Å². The Morgan fingerprint density at radius 2 is 2.05 bits per heavy atom. The first kappa shape index (κ1) is 13.7. The number of ether oxygens (including phenoxy) is 1. The average molecular weight is 278 g/mol. The van der Waals surface area contributed by atoms with Gasteiger partial charge in [0.15, 0.2) is 0 Å². The van der Waals surface area contributed by atoms with Crippen LogP contribution in [0.4, 0.5) is 15.9 Å². The summed E-state index contributed by atoms with van der Waals surface area (Å²) < 4.78 is 18.4. The fraction of sp³-hybridized carbons (Fsp3) is 0.167. The molecule has 0 fully saturated rings. The number of aryl methyl sites for hydroxylation is 1. The van der Waals surface area contributed by atoms with Crippen LogP contribution in [0.5, 0.6) is 11.6 Å². The predicted octanol–water partition coefficient (Wildman–Crippen LogP) is 2.52. The molecule has 1 heterocycles. The number of rotatable bonds is 3. The van der Waals surface area contributed by atoms with Crippen LogP contribution in [-0.2, 0) is 0 Å². The first-order valence-electron chi connectivity index (χ1n) is 5.61. The number of hydrogen-bond donors (Lipinski definition) is 1. The molecule has 20 heavy (non-hydrogen) atoms. The Bertz CT molecular complexity index is 691. The Morgan fingerprint density at radius 1 is 1.35 bits per heavy atom. The van der Waals surface area contributed by atoms with E-state index in [2.05, 4.69) is 9.97 Å². The molecule has 1 aromatic carbocycles. The monoisotopic (exact) mass is 278 g/mol. The van der Waals surface area contributed by atoms with Gasteiger partial charge < -0.3 is 10.5 Å². The highest BCUT2D eigenvalue weighted by Crippen LogP contribution is 2.33. The highest BCUT2D eigenvalue weighted by Gasteiger charge is 2.19. The summed E-state index contributed by atoms with van der Waals surface area (Å²) in [6, 6.07) is 3.01. The maximum atomic E-state index is 13.0. The zero-order chi connectivity index (χ0) is 14.9. The quantitative estimate of drug-likeness (QED) is 0.683. The molecule has 104 valence electrons. The van der Waals surface area contributed by atoms with Crippen molar-refractivity contribution in [2.45, 2.75) is 13.8 Å². The summed E-state index contributed by atoms with van der Waals surface area (Å²) in [5.74, 6) is -0.147. The van der Waals surface area contributed by atoms with E-state index in [0.717, 1.165) is 12.1 Å². The molecule has 0 aliphatic rings. The minimum absolute atomic E-state index is 0.102. The van der Waals surface area contributed by atoms with E-state index >= 15 is 0 Å². The lowest BCUT2D eigenvalue weighted by atomic mass is 10.3. The summed E-state index contributed by atoms with van der Waals surface area (Å²) in [5, 5.41) is 10.9. The molecule has 2 N–H and O–H groups in total. The van der Waals surface area contributed by atoms with Gasteiger partial charge in [0.05, 0.1) is 16.6 Å². The normalized spacial score (nSPS) is 10.3. The van der Waals surface area contributed by atoms with Crippen molar-refractivity contribution in [3.8, 4) is 11.6 Å². The largest absolute Gasteiger partial charge is 0.431 e. The molecule has 0 atom stereocenters. The fourth-order valence-electron chi connectivity index (χ4n) is 1.55. The molecule has 0 unspecified atom stereocenters. The van der Waals surface area contributed by atoms with Gasteiger partial charge in [0, 0.05) is 0 Å². The van der Waals surface area contributed by atoms with Crippen molar-refractivity contribution in [3.05, 3.63) is 45.5 Å². The number of aromatic nitrogens is 2. The van der Waals surface area contributed by atoms with Gasteiger partial charge in [-0.3, -0.25) is 10.1 Å². The average Bonchev–Trinajstić information content (AvgIpc) is 2.37. The molecule has 0 saturated heterocycles. The summed E-state index contributed by atoms with van der Waals surface area (Å²) in [7, 11) is 0. The van der Waals surface area contributed by atoms with Crippen LogP contribution in [0.3, 0.4) is 0 Å². The molecule has 0 aliphatic carbocycles. The number of benzene rings is 1. The van der Waals surface area contributed by atoms with Crippen molar-refractivity contribution in [1.29, 1.82) is 0 Å². The van der Waals surface area contributed by atoms with Gasteiger partial charge in [-0.05, 0) is 26.0 Å². The van der Waals surface area contributed by atoms with E-state index in [1.165, 1.54) is 6.07 Å². The van der Waals surface area contributed by atoms with Gasteiger partial charge >= 0.3 is 5.69 Å².